The first-order valence-corrected chi connectivity index (χ1v) is 10.6. The van der Waals surface area contributed by atoms with Gasteiger partial charge in [-0.1, -0.05) is 0 Å². The van der Waals surface area contributed by atoms with Gasteiger partial charge >= 0.3 is 0 Å². The van der Waals surface area contributed by atoms with E-state index in [0.717, 1.165) is 25.9 Å². The topological polar surface area (TPSA) is 66.9 Å². The minimum Gasteiger partial charge on any atom is -0.369 e. The standard InChI is InChI=1S/C16H24F2N2O4S/c17-16(18)5-12(6-16)14(21)20-9-15(10-20)11-25(22,23)13(8-24-15)7-19-3-1-2-4-19/h12-13H,1-11H2/t13-/m0/s1. The van der Waals surface area contributed by atoms with E-state index in [1.54, 1.807) is 0 Å². The molecule has 1 atom stereocenters. The number of hydrogen-bond acceptors (Lipinski definition) is 5. The van der Waals surface area contributed by atoms with Crippen LogP contribution in [0.25, 0.3) is 0 Å². The van der Waals surface area contributed by atoms with Crippen LogP contribution in [0.15, 0.2) is 0 Å². The third kappa shape index (κ3) is 3.30. The summed E-state index contributed by atoms with van der Waals surface area (Å²) in [6, 6.07) is 0. The molecule has 3 heterocycles. The number of halogens is 2. The Labute approximate surface area is 146 Å². The number of carbonyl (C=O) groups is 1. The zero-order chi connectivity index (χ0) is 17.9. The molecule has 4 rings (SSSR count). The molecule has 1 amide bonds. The predicted molar refractivity (Wildman–Crippen MR) is 86.2 cm³/mol. The maximum atomic E-state index is 12.9. The summed E-state index contributed by atoms with van der Waals surface area (Å²) in [5.74, 6) is -3.73. The van der Waals surface area contributed by atoms with Crippen molar-refractivity contribution in [2.24, 2.45) is 5.92 Å². The number of sulfone groups is 1. The molecular weight excluding hydrogens is 354 g/mol. The fourth-order valence-corrected chi connectivity index (χ4v) is 6.35. The van der Waals surface area contributed by atoms with Crippen LogP contribution in [0, 0.1) is 5.92 Å². The molecule has 1 saturated carbocycles. The molecule has 6 nitrogen and oxygen atoms in total. The van der Waals surface area contributed by atoms with Gasteiger partial charge in [0, 0.05) is 25.3 Å². The lowest BCUT2D eigenvalue weighted by atomic mass is 9.79. The highest BCUT2D eigenvalue weighted by Gasteiger charge is 2.57. The number of nitrogens with zero attached hydrogens (tertiary/aromatic N) is 2. The Morgan fingerprint density at radius 3 is 2.36 bits per heavy atom. The van der Waals surface area contributed by atoms with E-state index in [2.05, 4.69) is 4.90 Å². The number of alkyl halides is 2. The second-order valence-electron chi connectivity index (χ2n) is 8.09. The molecule has 0 bridgehead atoms. The summed E-state index contributed by atoms with van der Waals surface area (Å²) in [5.41, 5.74) is -0.831. The van der Waals surface area contributed by atoms with Gasteiger partial charge in [-0.15, -0.1) is 0 Å². The minimum absolute atomic E-state index is 0.0802. The van der Waals surface area contributed by atoms with Crippen LogP contribution in [0.3, 0.4) is 0 Å². The van der Waals surface area contributed by atoms with E-state index in [4.69, 9.17) is 4.74 Å². The summed E-state index contributed by atoms with van der Waals surface area (Å²) in [6.45, 7) is 2.94. The molecule has 25 heavy (non-hydrogen) atoms. The first kappa shape index (κ1) is 17.6. The quantitative estimate of drug-likeness (QED) is 0.716. The molecular formula is C16H24F2N2O4S. The van der Waals surface area contributed by atoms with Crippen molar-refractivity contribution in [1.82, 2.24) is 9.80 Å². The molecule has 0 aromatic rings. The SMILES string of the molecule is O=C(C1CC(F)(F)C1)N1CC2(C1)CS(=O)(=O)[C@@H](CN1CCCC1)CO2. The Morgan fingerprint density at radius 2 is 1.80 bits per heavy atom. The Kier molecular flexibility index (Phi) is 4.12. The number of carbonyl (C=O) groups excluding carboxylic acids is 1. The van der Waals surface area contributed by atoms with E-state index in [0.29, 0.717) is 6.54 Å². The molecule has 0 aromatic heterocycles. The summed E-state index contributed by atoms with van der Waals surface area (Å²) < 4.78 is 57.0. The molecule has 142 valence electrons. The van der Waals surface area contributed by atoms with Gasteiger partial charge in [-0.3, -0.25) is 4.79 Å². The van der Waals surface area contributed by atoms with Crippen molar-refractivity contribution in [3.63, 3.8) is 0 Å². The average molecular weight is 378 g/mol. The van der Waals surface area contributed by atoms with Gasteiger partial charge in [-0.2, -0.15) is 0 Å². The fourth-order valence-electron chi connectivity index (χ4n) is 4.40. The molecule has 4 aliphatic rings. The van der Waals surface area contributed by atoms with Crippen molar-refractivity contribution < 1.29 is 26.7 Å². The number of rotatable bonds is 3. The number of hydrogen-bond donors (Lipinski definition) is 0. The average Bonchev–Trinajstić information content (AvgIpc) is 2.96. The van der Waals surface area contributed by atoms with Gasteiger partial charge in [-0.05, 0) is 25.9 Å². The lowest BCUT2D eigenvalue weighted by Crippen LogP contribution is -2.72. The molecule has 0 aromatic carbocycles. The molecule has 1 spiro atoms. The van der Waals surface area contributed by atoms with Gasteiger partial charge in [0.05, 0.1) is 30.7 Å². The summed E-state index contributed by atoms with van der Waals surface area (Å²) in [6.07, 6.45) is 1.42. The molecule has 0 N–H and O–H groups in total. The molecule has 4 fully saturated rings. The zero-order valence-corrected chi connectivity index (χ0v) is 14.9. The first-order valence-electron chi connectivity index (χ1n) is 8.93. The van der Waals surface area contributed by atoms with Gasteiger partial charge in [-0.25, -0.2) is 17.2 Å². The maximum absolute atomic E-state index is 12.9. The fraction of sp³-hybridized carbons (Fsp3) is 0.938. The molecule has 0 unspecified atom stereocenters. The summed E-state index contributed by atoms with van der Waals surface area (Å²) in [5, 5.41) is -0.508. The Morgan fingerprint density at radius 1 is 1.16 bits per heavy atom. The van der Waals surface area contributed by atoms with Crippen molar-refractivity contribution in [3.8, 4) is 0 Å². The van der Waals surface area contributed by atoms with Gasteiger partial charge in [0.25, 0.3) is 0 Å². The van der Waals surface area contributed by atoms with Gasteiger partial charge in [0.15, 0.2) is 9.84 Å². The minimum atomic E-state index is -3.28. The third-order valence-electron chi connectivity index (χ3n) is 5.92. The van der Waals surface area contributed by atoms with E-state index >= 15 is 0 Å². The molecule has 3 saturated heterocycles. The normalized spacial score (nSPS) is 33.8. The second kappa shape index (κ2) is 5.85. The predicted octanol–water partition coefficient (Wildman–Crippen LogP) is 0.522. The van der Waals surface area contributed by atoms with Crippen molar-refractivity contribution >= 4 is 15.7 Å². The summed E-state index contributed by atoms with van der Waals surface area (Å²) >= 11 is 0. The van der Waals surface area contributed by atoms with Crippen LogP contribution >= 0.6 is 0 Å². The summed E-state index contributed by atoms with van der Waals surface area (Å²) in [4.78, 5) is 15.8. The second-order valence-corrected chi connectivity index (χ2v) is 10.4. The van der Waals surface area contributed by atoms with E-state index < -0.39 is 45.4 Å². The van der Waals surface area contributed by atoms with E-state index in [1.165, 1.54) is 4.90 Å². The highest BCUT2D eigenvalue weighted by atomic mass is 32.2. The van der Waals surface area contributed by atoms with Crippen LogP contribution in [-0.4, -0.2) is 86.0 Å². The van der Waals surface area contributed by atoms with E-state index in [-0.39, 0.29) is 31.4 Å². The lowest BCUT2D eigenvalue weighted by molar-refractivity contribution is -0.184. The molecule has 9 heteroatoms. The Bertz CT molecular complexity index is 649. The monoisotopic (exact) mass is 378 g/mol. The number of ether oxygens (including phenoxy) is 1. The first-order chi connectivity index (χ1) is 11.7. The van der Waals surface area contributed by atoms with Crippen molar-refractivity contribution in [1.29, 1.82) is 0 Å². The van der Waals surface area contributed by atoms with Crippen molar-refractivity contribution in [3.05, 3.63) is 0 Å². The highest BCUT2D eigenvalue weighted by Crippen LogP contribution is 2.44. The Hall–Kier alpha value is -0.800. The van der Waals surface area contributed by atoms with Crippen LogP contribution in [0.5, 0.6) is 0 Å². The van der Waals surface area contributed by atoms with Gasteiger partial charge < -0.3 is 14.5 Å². The van der Waals surface area contributed by atoms with E-state index in [9.17, 15) is 22.0 Å². The number of amides is 1. The van der Waals surface area contributed by atoms with Gasteiger partial charge in [0.2, 0.25) is 11.8 Å². The smallest absolute Gasteiger partial charge is 0.249 e. The molecule has 0 radical (unpaired) electrons. The number of likely N-dealkylation sites (tertiary alicyclic amines) is 2. The van der Waals surface area contributed by atoms with Crippen LogP contribution < -0.4 is 0 Å². The lowest BCUT2D eigenvalue weighted by Gasteiger charge is -2.53. The van der Waals surface area contributed by atoms with Crippen LogP contribution in [0.1, 0.15) is 25.7 Å². The maximum Gasteiger partial charge on any atom is 0.249 e. The molecule has 3 aliphatic heterocycles. The van der Waals surface area contributed by atoms with Crippen molar-refractivity contribution in [2.75, 3.05) is 45.1 Å². The van der Waals surface area contributed by atoms with Crippen LogP contribution in [0.4, 0.5) is 8.78 Å². The third-order valence-corrected chi connectivity index (χ3v) is 8.15. The van der Waals surface area contributed by atoms with Crippen LogP contribution in [-0.2, 0) is 19.4 Å². The summed E-state index contributed by atoms with van der Waals surface area (Å²) in [7, 11) is -3.28. The highest BCUT2D eigenvalue weighted by molar-refractivity contribution is 7.92. The largest absolute Gasteiger partial charge is 0.369 e. The van der Waals surface area contributed by atoms with E-state index in [1.807, 2.05) is 0 Å². The van der Waals surface area contributed by atoms with Gasteiger partial charge in [0.1, 0.15) is 5.60 Å². The zero-order valence-electron chi connectivity index (χ0n) is 14.1. The Balaban J connectivity index is 1.31. The van der Waals surface area contributed by atoms with Crippen molar-refractivity contribution in [2.45, 2.75) is 42.5 Å². The van der Waals surface area contributed by atoms with Crippen LogP contribution in [0.2, 0.25) is 0 Å². The molecule has 1 aliphatic carbocycles.